The number of anilines is 2. The number of aliphatic hydroxyl groups is 1. The minimum atomic E-state index is -0.0414. The summed E-state index contributed by atoms with van der Waals surface area (Å²) >= 11 is 0. The van der Waals surface area contributed by atoms with Crippen LogP contribution >= 0.6 is 0 Å². The third-order valence-corrected chi connectivity index (χ3v) is 2.69. The molecule has 1 rings (SSSR count). The Labute approximate surface area is 120 Å². The molecule has 0 unspecified atom stereocenters. The van der Waals surface area contributed by atoms with Crippen molar-refractivity contribution >= 4 is 11.9 Å². The number of ether oxygens (including phenoxy) is 1. The van der Waals surface area contributed by atoms with Crippen LogP contribution in [0, 0.1) is 5.41 Å². The fourth-order valence-corrected chi connectivity index (χ4v) is 1.52. The SMILES string of the molecule is CNc1nc(NCC(C)(C)CCO)nc(OC(C)C)n1. The third-order valence-electron chi connectivity index (χ3n) is 2.69. The van der Waals surface area contributed by atoms with Crippen LogP contribution in [0.2, 0.25) is 0 Å². The summed E-state index contributed by atoms with van der Waals surface area (Å²) in [6.45, 7) is 8.79. The molecule has 1 aromatic rings. The Hall–Kier alpha value is -1.63. The molecule has 0 fully saturated rings. The van der Waals surface area contributed by atoms with Crippen LogP contribution in [-0.4, -0.2) is 46.4 Å². The van der Waals surface area contributed by atoms with E-state index in [9.17, 15) is 0 Å². The number of hydrogen-bond acceptors (Lipinski definition) is 7. The minimum Gasteiger partial charge on any atom is -0.461 e. The van der Waals surface area contributed by atoms with Gasteiger partial charge in [-0.2, -0.15) is 15.0 Å². The van der Waals surface area contributed by atoms with E-state index in [2.05, 4.69) is 39.4 Å². The summed E-state index contributed by atoms with van der Waals surface area (Å²) in [5.41, 5.74) is -0.0414. The topological polar surface area (TPSA) is 92.2 Å². The normalized spacial score (nSPS) is 11.6. The number of nitrogens with zero attached hydrogens (tertiary/aromatic N) is 3. The number of hydrogen-bond donors (Lipinski definition) is 3. The Kier molecular flexibility index (Phi) is 5.94. The molecule has 0 saturated heterocycles. The fourth-order valence-electron chi connectivity index (χ4n) is 1.52. The highest BCUT2D eigenvalue weighted by molar-refractivity contribution is 5.35. The first kappa shape index (κ1) is 16.4. The van der Waals surface area contributed by atoms with Gasteiger partial charge in [-0.3, -0.25) is 0 Å². The third kappa shape index (κ3) is 5.56. The van der Waals surface area contributed by atoms with Gasteiger partial charge in [0.2, 0.25) is 11.9 Å². The predicted molar refractivity (Wildman–Crippen MR) is 79.1 cm³/mol. The molecule has 0 bridgehead atoms. The summed E-state index contributed by atoms with van der Waals surface area (Å²) in [5, 5.41) is 15.1. The first-order chi connectivity index (χ1) is 9.36. The van der Waals surface area contributed by atoms with Crippen molar-refractivity contribution in [2.24, 2.45) is 5.41 Å². The molecule has 7 nitrogen and oxygen atoms in total. The molecule has 3 N–H and O–H groups in total. The maximum absolute atomic E-state index is 9.03. The van der Waals surface area contributed by atoms with Crippen molar-refractivity contribution in [2.75, 3.05) is 30.8 Å². The van der Waals surface area contributed by atoms with Gasteiger partial charge in [0.05, 0.1) is 6.10 Å². The van der Waals surface area contributed by atoms with Gasteiger partial charge in [0.15, 0.2) is 0 Å². The van der Waals surface area contributed by atoms with Crippen LogP contribution < -0.4 is 15.4 Å². The number of nitrogens with one attached hydrogen (secondary N) is 2. The van der Waals surface area contributed by atoms with Crippen molar-refractivity contribution in [1.82, 2.24) is 15.0 Å². The number of aromatic nitrogens is 3. The van der Waals surface area contributed by atoms with Gasteiger partial charge in [-0.15, -0.1) is 0 Å². The van der Waals surface area contributed by atoms with E-state index in [4.69, 9.17) is 9.84 Å². The van der Waals surface area contributed by atoms with Crippen LogP contribution in [0.4, 0.5) is 11.9 Å². The van der Waals surface area contributed by atoms with Crippen LogP contribution in [0.1, 0.15) is 34.1 Å². The molecule has 114 valence electrons. The van der Waals surface area contributed by atoms with Gasteiger partial charge < -0.3 is 20.5 Å². The van der Waals surface area contributed by atoms with Crippen molar-refractivity contribution in [1.29, 1.82) is 0 Å². The van der Waals surface area contributed by atoms with E-state index in [1.807, 2.05) is 13.8 Å². The number of rotatable bonds is 8. The lowest BCUT2D eigenvalue weighted by molar-refractivity contribution is 0.218. The highest BCUT2D eigenvalue weighted by Gasteiger charge is 2.18. The highest BCUT2D eigenvalue weighted by Crippen LogP contribution is 2.20. The van der Waals surface area contributed by atoms with Crippen LogP contribution in [-0.2, 0) is 0 Å². The summed E-state index contributed by atoms with van der Waals surface area (Å²) in [6, 6.07) is 0.293. The fraction of sp³-hybridized carbons (Fsp3) is 0.769. The molecule has 7 heteroatoms. The van der Waals surface area contributed by atoms with Gasteiger partial charge in [-0.05, 0) is 25.7 Å². The predicted octanol–water partition coefficient (Wildman–Crippen LogP) is 1.52. The lowest BCUT2D eigenvalue weighted by atomic mass is 9.90. The Morgan fingerprint density at radius 2 is 1.85 bits per heavy atom. The second-order valence-electron chi connectivity index (χ2n) is 5.67. The van der Waals surface area contributed by atoms with Crippen LogP contribution in [0.3, 0.4) is 0 Å². The summed E-state index contributed by atoms with van der Waals surface area (Å²) in [7, 11) is 1.74. The van der Waals surface area contributed by atoms with Gasteiger partial charge in [0.1, 0.15) is 0 Å². The van der Waals surface area contributed by atoms with Gasteiger partial charge in [0.25, 0.3) is 0 Å². The maximum Gasteiger partial charge on any atom is 0.323 e. The van der Waals surface area contributed by atoms with E-state index in [1.54, 1.807) is 7.05 Å². The average molecular weight is 283 g/mol. The molecular formula is C13H25N5O2. The van der Waals surface area contributed by atoms with Gasteiger partial charge >= 0.3 is 6.01 Å². The maximum atomic E-state index is 9.03. The van der Waals surface area contributed by atoms with Crippen LogP contribution in [0.25, 0.3) is 0 Å². The van der Waals surface area contributed by atoms with E-state index >= 15 is 0 Å². The van der Waals surface area contributed by atoms with Gasteiger partial charge in [-0.25, -0.2) is 0 Å². The van der Waals surface area contributed by atoms with Crippen molar-refractivity contribution in [2.45, 2.75) is 40.2 Å². The summed E-state index contributed by atoms with van der Waals surface area (Å²) < 4.78 is 5.49. The Morgan fingerprint density at radius 3 is 2.40 bits per heavy atom. The Balaban J connectivity index is 2.78. The van der Waals surface area contributed by atoms with E-state index in [0.29, 0.717) is 30.9 Å². The van der Waals surface area contributed by atoms with Crippen LogP contribution in [0.5, 0.6) is 6.01 Å². The zero-order valence-corrected chi connectivity index (χ0v) is 12.9. The smallest absolute Gasteiger partial charge is 0.323 e. The molecule has 0 saturated carbocycles. The van der Waals surface area contributed by atoms with Crippen molar-refractivity contribution in [3.63, 3.8) is 0 Å². The standard InChI is InChI=1S/C13H25N5O2/c1-9(2)20-12-17-10(14-5)16-11(18-12)15-8-13(3,4)6-7-19/h9,19H,6-8H2,1-5H3,(H2,14,15,16,17,18). The molecule has 20 heavy (non-hydrogen) atoms. The van der Waals surface area contributed by atoms with E-state index in [0.717, 1.165) is 0 Å². The summed E-state index contributed by atoms with van der Waals surface area (Å²) in [5.74, 6) is 0.920. The first-order valence-electron chi connectivity index (χ1n) is 6.81. The minimum absolute atomic E-state index is 0.000728. The zero-order valence-electron chi connectivity index (χ0n) is 12.9. The quantitative estimate of drug-likeness (QED) is 0.666. The lowest BCUT2D eigenvalue weighted by Gasteiger charge is -2.23. The summed E-state index contributed by atoms with van der Waals surface area (Å²) in [4.78, 5) is 12.6. The zero-order chi connectivity index (χ0) is 15.2. The summed E-state index contributed by atoms with van der Waals surface area (Å²) in [6.07, 6.45) is 0.708. The Bertz CT molecular complexity index is 423. The lowest BCUT2D eigenvalue weighted by Crippen LogP contribution is -2.25. The van der Waals surface area contributed by atoms with Gasteiger partial charge in [-0.1, -0.05) is 13.8 Å². The van der Waals surface area contributed by atoms with Crippen molar-refractivity contribution in [3.05, 3.63) is 0 Å². The van der Waals surface area contributed by atoms with E-state index in [1.165, 1.54) is 0 Å². The molecule has 1 heterocycles. The molecule has 0 aliphatic rings. The van der Waals surface area contributed by atoms with E-state index < -0.39 is 0 Å². The largest absolute Gasteiger partial charge is 0.461 e. The molecule has 0 aliphatic heterocycles. The molecule has 0 aliphatic carbocycles. The molecule has 1 aromatic heterocycles. The van der Waals surface area contributed by atoms with E-state index in [-0.39, 0.29) is 18.1 Å². The number of aliphatic hydroxyl groups excluding tert-OH is 1. The van der Waals surface area contributed by atoms with Crippen molar-refractivity contribution in [3.8, 4) is 6.01 Å². The second-order valence-corrected chi connectivity index (χ2v) is 5.67. The first-order valence-corrected chi connectivity index (χ1v) is 6.81. The van der Waals surface area contributed by atoms with Gasteiger partial charge in [0, 0.05) is 20.2 Å². The average Bonchev–Trinajstić information content (AvgIpc) is 2.35. The highest BCUT2D eigenvalue weighted by atomic mass is 16.5. The van der Waals surface area contributed by atoms with Crippen molar-refractivity contribution < 1.29 is 9.84 Å². The second kappa shape index (κ2) is 7.23. The molecule has 0 atom stereocenters. The molecule has 0 amide bonds. The Morgan fingerprint density at radius 1 is 1.20 bits per heavy atom. The molecule has 0 radical (unpaired) electrons. The molecule has 0 aromatic carbocycles. The molecule has 0 spiro atoms. The monoisotopic (exact) mass is 283 g/mol. The molecular weight excluding hydrogens is 258 g/mol. The van der Waals surface area contributed by atoms with Crippen LogP contribution in [0.15, 0.2) is 0 Å².